The zero-order chi connectivity index (χ0) is 17.5. The van der Waals surface area contributed by atoms with Crippen molar-refractivity contribution in [2.24, 2.45) is 0 Å². The van der Waals surface area contributed by atoms with Gasteiger partial charge in [0.25, 0.3) is 0 Å². The average Bonchev–Trinajstić information content (AvgIpc) is 2.64. The fraction of sp³-hybridized carbons (Fsp3) is 0.294. The van der Waals surface area contributed by atoms with E-state index in [1.807, 2.05) is 0 Å². The highest BCUT2D eigenvalue weighted by atomic mass is 16.5. The Balaban J connectivity index is 2.45. The molecule has 1 aromatic rings. The largest absolute Gasteiger partial charge is 0.481 e. The Kier molecular flexibility index (Phi) is 5.82. The van der Waals surface area contributed by atoms with E-state index in [2.05, 4.69) is 5.92 Å². The van der Waals surface area contributed by atoms with Crippen molar-refractivity contribution in [3.8, 4) is 18.1 Å². The molecule has 0 amide bonds. The number of benzene rings is 1. The molecule has 0 spiro atoms. The van der Waals surface area contributed by atoms with Gasteiger partial charge < -0.3 is 23.8 Å². The van der Waals surface area contributed by atoms with Crippen LogP contribution in [0.4, 0.5) is 5.69 Å². The van der Waals surface area contributed by atoms with Crippen LogP contribution in [0.5, 0.6) is 5.75 Å². The van der Waals surface area contributed by atoms with Crippen LogP contribution in [0.3, 0.4) is 0 Å². The van der Waals surface area contributed by atoms with Crippen molar-refractivity contribution < 1.29 is 28.5 Å². The van der Waals surface area contributed by atoms with E-state index in [0.29, 0.717) is 11.4 Å². The molecule has 0 atom stereocenters. The minimum Gasteiger partial charge on any atom is -0.481 e. The van der Waals surface area contributed by atoms with E-state index in [-0.39, 0.29) is 31.2 Å². The van der Waals surface area contributed by atoms with Crippen molar-refractivity contribution in [2.45, 2.75) is 0 Å². The molecule has 1 heterocycles. The van der Waals surface area contributed by atoms with Crippen molar-refractivity contribution >= 4 is 17.6 Å². The predicted octanol–water partition coefficient (Wildman–Crippen LogP) is 1.09. The topological polar surface area (TPSA) is 74.3 Å². The van der Waals surface area contributed by atoms with Crippen LogP contribution in [0, 0.1) is 12.3 Å². The maximum atomic E-state index is 12.2. The van der Waals surface area contributed by atoms with E-state index in [1.54, 1.807) is 24.3 Å². The highest BCUT2D eigenvalue weighted by molar-refractivity contribution is 6.03. The molecule has 2 rings (SSSR count). The monoisotopic (exact) mass is 331 g/mol. The van der Waals surface area contributed by atoms with Gasteiger partial charge in [-0.15, -0.1) is 6.42 Å². The first-order valence-electron chi connectivity index (χ1n) is 7.03. The molecule has 0 fully saturated rings. The number of carbonyl (C=O) groups is 2. The smallest absolute Gasteiger partial charge is 0.355 e. The van der Waals surface area contributed by atoms with Gasteiger partial charge in [0.1, 0.15) is 24.8 Å². The molecular formula is C17H17NO6. The average molecular weight is 331 g/mol. The summed E-state index contributed by atoms with van der Waals surface area (Å²) in [4.78, 5) is 25.7. The van der Waals surface area contributed by atoms with Crippen molar-refractivity contribution in [2.75, 3.05) is 39.1 Å². The minimum atomic E-state index is -0.659. The van der Waals surface area contributed by atoms with Gasteiger partial charge in [0.2, 0.25) is 0 Å². The summed E-state index contributed by atoms with van der Waals surface area (Å²) in [7, 11) is 2.47. The number of carbonyl (C=O) groups excluding carboxylic acids is 2. The van der Waals surface area contributed by atoms with E-state index in [4.69, 9.17) is 25.4 Å². The van der Waals surface area contributed by atoms with E-state index in [0.717, 1.165) is 0 Å². The third-order valence-corrected chi connectivity index (χ3v) is 3.28. The Morgan fingerprint density at radius 2 is 2.04 bits per heavy atom. The van der Waals surface area contributed by atoms with Gasteiger partial charge in [-0.3, -0.25) is 0 Å². The molecule has 1 aliphatic rings. The number of anilines is 1. The number of esters is 2. The van der Waals surface area contributed by atoms with E-state index in [1.165, 1.54) is 19.1 Å². The first kappa shape index (κ1) is 17.4. The molecule has 0 aliphatic carbocycles. The Morgan fingerprint density at radius 3 is 2.71 bits per heavy atom. The summed E-state index contributed by atoms with van der Waals surface area (Å²) in [5, 5.41) is 0. The summed E-state index contributed by atoms with van der Waals surface area (Å²) in [6.45, 7) is 0.150. The Hall–Kier alpha value is -2.98. The van der Waals surface area contributed by atoms with Crippen LogP contribution in [0.15, 0.2) is 35.5 Å². The lowest BCUT2D eigenvalue weighted by Gasteiger charge is -2.31. The summed E-state index contributed by atoms with van der Waals surface area (Å²) in [6.07, 6.45) is 5.18. The summed E-state index contributed by atoms with van der Waals surface area (Å²) < 4.78 is 20.3. The number of ether oxygens (including phenoxy) is 4. The van der Waals surface area contributed by atoms with Crippen LogP contribution in [-0.2, 0) is 23.8 Å². The molecular weight excluding hydrogens is 314 g/mol. The Labute approximate surface area is 139 Å². The predicted molar refractivity (Wildman–Crippen MR) is 85.1 cm³/mol. The lowest BCUT2D eigenvalue weighted by Crippen LogP contribution is -2.38. The molecule has 1 aromatic carbocycles. The van der Waals surface area contributed by atoms with E-state index < -0.39 is 11.9 Å². The number of rotatable bonds is 5. The molecule has 24 heavy (non-hydrogen) atoms. The number of hydrogen-bond acceptors (Lipinski definition) is 7. The number of methoxy groups -OCH3 is 2. The van der Waals surface area contributed by atoms with Crippen LogP contribution in [0.2, 0.25) is 0 Å². The summed E-state index contributed by atoms with van der Waals surface area (Å²) in [5.41, 5.74) is 0.751. The number of terminal acetylenes is 1. The van der Waals surface area contributed by atoms with Crippen LogP contribution in [-0.4, -0.2) is 46.1 Å². The zero-order valence-corrected chi connectivity index (χ0v) is 13.4. The molecule has 126 valence electrons. The molecule has 0 saturated heterocycles. The van der Waals surface area contributed by atoms with Crippen LogP contribution in [0.1, 0.15) is 0 Å². The molecule has 0 N–H and O–H groups in total. The second-order valence-corrected chi connectivity index (χ2v) is 4.71. The minimum absolute atomic E-state index is 0.0408. The summed E-state index contributed by atoms with van der Waals surface area (Å²) >= 11 is 0. The molecule has 0 radical (unpaired) electrons. The van der Waals surface area contributed by atoms with Gasteiger partial charge in [0.15, 0.2) is 0 Å². The highest BCUT2D eigenvalue weighted by Crippen LogP contribution is 2.29. The third kappa shape index (κ3) is 3.67. The second kappa shape index (κ2) is 8.04. The van der Waals surface area contributed by atoms with Crippen LogP contribution < -0.4 is 9.64 Å². The molecule has 0 saturated carbocycles. The van der Waals surface area contributed by atoms with E-state index in [9.17, 15) is 9.59 Å². The van der Waals surface area contributed by atoms with Gasteiger partial charge >= 0.3 is 11.9 Å². The summed E-state index contributed by atoms with van der Waals surface area (Å²) in [6, 6.07) is 6.90. The van der Waals surface area contributed by atoms with Crippen LogP contribution >= 0.6 is 0 Å². The maximum absolute atomic E-state index is 12.2. The fourth-order valence-electron chi connectivity index (χ4n) is 2.21. The summed E-state index contributed by atoms with van der Waals surface area (Å²) in [5.74, 6) is 1.59. The van der Waals surface area contributed by atoms with Crippen molar-refractivity contribution in [1.82, 2.24) is 0 Å². The maximum Gasteiger partial charge on any atom is 0.355 e. The normalized spacial score (nSPS) is 14.0. The van der Waals surface area contributed by atoms with Crippen molar-refractivity contribution in [3.05, 3.63) is 35.5 Å². The lowest BCUT2D eigenvalue weighted by atomic mass is 10.1. The fourth-order valence-corrected chi connectivity index (χ4v) is 2.21. The Morgan fingerprint density at radius 1 is 1.29 bits per heavy atom. The highest BCUT2D eigenvalue weighted by Gasteiger charge is 2.32. The molecule has 7 heteroatoms. The van der Waals surface area contributed by atoms with Crippen molar-refractivity contribution in [1.29, 1.82) is 0 Å². The van der Waals surface area contributed by atoms with Gasteiger partial charge in [-0.1, -0.05) is 12.0 Å². The van der Waals surface area contributed by atoms with Gasteiger partial charge in [-0.05, 0) is 12.1 Å². The molecule has 0 bridgehead atoms. The lowest BCUT2D eigenvalue weighted by molar-refractivity contribution is -0.140. The molecule has 7 nitrogen and oxygen atoms in total. The van der Waals surface area contributed by atoms with Gasteiger partial charge in [0.05, 0.1) is 26.4 Å². The molecule has 0 unspecified atom stereocenters. The van der Waals surface area contributed by atoms with Gasteiger partial charge in [-0.25, -0.2) is 9.59 Å². The number of nitrogens with zero attached hydrogens (tertiary/aromatic N) is 1. The van der Waals surface area contributed by atoms with Gasteiger partial charge in [0, 0.05) is 11.8 Å². The quantitative estimate of drug-likeness (QED) is 0.591. The molecule has 0 aromatic heterocycles. The van der Waals surface area contributed by atoms with Gasteiger partial charge in [-0.2, -0.15) is 0 Å². The first-order valence-corrected chi connectivity index (χ1v) is 7.03. The Bertz CT molecular complexity index is 703. The zero-order valence-electron chi connectivity index (χ0n) is 13.4. The van der Waals surface area contributed by atoms with E-state index >= 15 is 0 Å². The standard InChI is InChI=1S/C17H17NO6/c1-4-8-24-13-7-5-6-12(9-13)18-11-23-10-14(16(19)21-2)15(18)17(20)22-3/h1,5-7,9H,8,10-11H2,2-3H3. The van der Waals surface area contributed by atoms with Crippen molar-refractivity contribution in [3.63, 3.8) is 0 Å². The number of hydrogen-bond donors (Lipinski definition) is 0. The SMILES string of the molecule is C#CCOc1cccc(N2COCC(C(=O)OC)=C2C(=O)OC)c1. The second-order valence-electron chi connectivity index (χ2n) is 4.71. The molecule has 1 aliphatic heterocycles. The first-order chi connectivity index (χ1) is 11.6. The third-order valence-electron chi connectivity index (χ3n) is 3.28. The van der Waals surface area contributed by atoms with Crippen LogP contribution in [0.25, 0.3) is 0 Å².